The van der Waals surface area contributed by atoms with Crippen LogP contribution in [0.5, 0.6) is 0 Å². The highest BCUT2D eigenvalue weighted by Gasteiger charge is 2.21. The second-order valence-electron chi connectivity index (χ2n) is 5.31. The van der Waals surface area contributed by atoms with Crippen molar-refractivity contribution < 1.29 is 8.42 Å². The van der Waals surface area contributed by atoms with Crippen molar-refractivity contribution in [2.75, 3.05) is 19.3 Å². The summed E-state index contributed by atoms with van der Waals surface area (Å²) in [6, 6.07) is 0.0660. The Kier molecular flexibility index (Phi) is 7.28. The predicted octanol–water partition coefficient (Wildman–Crippen LogP) is 1.67. The Morgan fingerprint density at radius 2 is 1.76 bits per heavy atom. The minimum Gasteiger partial charge on any atom is -0.327 e. The number of rotatable bonds is 8. The standard InChI is InChI=1S/C12H28N2O2S/c1-6-11(4)9-17(15,16)14(5)8-7-12(13)10(2)3/h10-12H,6-9,13H2,1-5H3. The average Bonchev–Trinajstić information content (AvgIpc) is 2.24. The highest BCUT2D eigenvalue weighted by atomic mass is 32.2. The molecule has 0 aromatic heterocycles. The van der Waals surface area contributed by atoms with Gasteiger partial charge in [-0.25, -0.2) is 12.7 Å². The van der Waals surface area contributed by atoms with Crippen molar-refractivity contribution in [1.29, 1.82) is 0 Å². The summed E-state index contributed by atoms with van der Waals surface area (Å²) in [6.45, 7) is 8.59. The Hall–Kier alpha value is -0.130. The third-order valence-corrected chi connectivity index (χ3v) is 5.42. The molecule has 0 spiro atoms. The van der Waals surface area contributed by atoms with Crippen LogP contribution in [0.25, 0.3) is 0 Å². The van der Waals surface area contributed by atoms with Gasteiger partial charge >= 0.3 is 0 Å². The van der Waals surface area contributed by atoms with Gasteiger partial charge in [-0.15, -0.1) is 0 Å². The largest absolute Gasteiger partial charge is 0.327 e. The Labute approximate surface area is 107 Å². The third kappa shape index (κ3) is 6.38. The number of hydrogen-bond donors (Lipinski definition) is 1. The molecular weight excluding hydrogens is 236 g/mol. The zero-order valence-electron chi connectivity index (χ0n) is 11.8. The number of sulfonamides is 1. The molecule has 2 unspecified atom stereocenters. The van der Waals surface area contributed by atoms with E-state index < -0.39 is 10.0 Å². The van der Waals surface area contributed by atoms with Crippen LogP contribution in [0.2, 0.25) is 0 Å². The van der Waals surface area contributed by atoms with Crippen LogP contribution in [0, 0.1) is 11.8 Å². The molecule has 17 heavy (non-hydrogen) atoms. The van der Waals surface area contributed by atoms with Gasteiger partial charge in [-0.3, -0.25) is 0 Å². The fourth-order valence-electron chi connectivity index (χ4n) is 1.41. The minimum absolute atomic E-state index is 0.0660. The SMILES string of the molecule is CCC(C)CS(=O)(=O)N(C)CCC(N)C(C)C. The van der Waals surface area contributed by atoms with E-state index in [0.717, 1.165) is 6.42 Å². The summed E-state index contributed by atoms with van der Waals surface area (Å²) in [5, 5.41) is 0. The monoisotopic (exact) mass is 264 g/mol. The first kappa shape index (κ1) is 16.9. The Balaban J connectivity index is 4.26. The molecule has 0 heterocycles. The quantitative estimate of drug-likeness (QED) is 0.725. The Bertz CT molecular complexity index is 302. The molecule has 0 aromatic carbocycles. The molecule has 2 N–H and O–H groups in total. The van der Waals surface area contributed by atoms with E-state index in [4.69, 9.17) is 5.73 Å². The molecule has 4 nitrogen and oxygen atoms in total. The van der Waals surface area contributed by atoms with Crippen LogP contribution in [0.4, 0.5) is 0 Å². The molecule has 0 aliphatic carbocycles. The smallest absolute Gasteiger partial charge is 0.214 e. The van der Waals surface area contributed by atoms with Gasteiger partial charge < -0.3 is 5.73 Å². The molecule has 0 rings (SSSR count). The molecular formula is C12H28N2O2S. The van der Waals surface area contributed by atoms with E-state index in [9.17, 15) is 8.42 Å². The van der Waals surface area contributed by atoms with Gasteiger partial charge in [0.1, 0.15) is 0 Å². The van der Waals surface area contributed by atoms with Gasteiger partial charge in [-0.05, 0) is 18.3 Å². The maximum Gasteiger partial charge on any atom is 0.214 e. The molecule has 104 valence electrons. The summed E-state index contributed by atoms with van der Waals surface area (Å²) in [5.74, 6) is 0.832. The van der Waals surface area contributed by atoms with Gasteiger partial charge in [-0.2, -0.15) is 0 Å². The van der Waals surface area contributed by atoms with Crippen LogP contribution in [0.15, 0.2) is 0 Å². The van der Waals surface area contributed by atoms with Crippen molar-refractivity contribution in [3.05, 3.63) is 0 Å². The van der Waals surface area contributed by atoms with Gasteiger partial charge in [0.05, 0.1) is 5.75 Å². The van der Waals surface area contributed by atoms with Crippen LogP contribution in [0.1, 0.15) is 40.5 Å². The lowest BCUT2D eigenvalue weighted by Gasteiger charge is -2.22. The molecule has 2 atom stereocenters. The number of hydrogen-bond acceptors (Lipinski definition) is 3. The van der Waals surface area contributed by atoms with E-state index in [1.165, 1.54) is 4.31 Å². The Morgan fingerprint density at radius 3 is 2.18 bits per heavy atom. The number of nitrogens with two attached hydrogens (primary N) is 1. The lowest BCUT2D eigenvalue weighted by molar-refractivity contribution is 0.394. The fraction of sp³-hybridized carbons (Fsp3) is 1.00. The molecule has 0 aromatic rings. The summed E-state index contributed by atoms with van der Waals surface area (Å²) >= 11 is 0. The van der Waals surface area contributed by atoms with Crippen molar-refractivity contribution in [2.45, 2.75) is 46.6 Å². The maximum atomic E-state index is 12.0. The first-order valence-electron chi connectivity index (χ1n) is 6.40. The first-order chi connectivity index (χ1) is 7.70. The molecule has 0 aliphatic rings. The zero-order valence-corrected chi connectivity index (χ0v) is 12.6. The molecule has 0 aliphatic heterocycles. The van der Waals surface area contributed by atoms with E-state index in [1.54, 1.807) is 7.05 Å². The van der Waals surface area contributed by atoms with E-state index in [-0.39, 0.29) is 17.7 Å². The van der Waals surface area contributed by atoms with Crippen molar-refractivity contribution in [3.63, 3.8) is 0 Å². The van der Waals surface area contributed by atoms with Gasteiger partial charge in [0.25, 0.3) is 0 Å². The predicted molar refractivity (Wildman–Crippen MR) is 73.3 cm³/mol. The summed E-state index contributed by atoms with van der Waals surface area (Å²) < 4.78 is 25.4. The summed E-state index contributed by atoms with van der Waals surface area (Å²) in [5.41, 5.74) is 5.91. The summed E-state index contributed by atoms with van der Waals surface area (Å²) in [6.07, 6.45) is 1.60. The highest BCUT2D eigenvalue weighted by molar-refractivity contribution is 7.89. The normalized spacial score (nSPS) is 16.5. The fourth-order valence-corrected chi connectivity index (χ4v) is 3.00. The zero-order chi connectivity index (χ0) is 13.6. The van der Waals surface area contributed by atoms with Crippen molar-refractivity contribution >= 4 is 10.0 Å². The molecule has 0 saturated heterocycles. The first-order valence-corrected chi connectivity index (χ1v) is 8.01. The maximum absolute atomic E-state index is 12.0. The second kappa shape index (κ2) is 7.34. The third-order valence-electron chi connectivity index (χ3n) is 3.30. The molecule has 0 radical (unpaired) electrons. The van der Waals surface area contributed by atoms with Crippen LogP contribution in [0.3, 0.4) is 0 Å². The molecule has 5 heteroatoms. The van der Waals surface area contributed by atoms with Crippen LogP contribution in [-0.4, -0.2) is 38.1 Å². The summed E-state index contributed by atoms with van der Waals surface area (Å²) in [4.78, 5) is 0. The van der Waals surface area contributed by atoms with E-state index in [1.807, 2.05) is 13.8 Å². The molecule has 0 amide bonds. The highest BCUT2D eigenvalue weighted by Crippen LogP contribution is 2.11. The van der Waals surface area contributed by atoms with Crippen molar-refractivity contribution in [2.24, 2.45) is 17.6 Å². The van der Waals surface area contributed by atoms with Crippen LogP contribution >= 0.6 is 0 Å². The molecule has 0 bridgehead atoms. The average molecular weight is 264 g/mol. The van der Waals surface area contributed by atoms with Crippen LogP contribution in [-0.2, 0) is 10.0 Å². The van der Waals surface area contributed by atoms with Gasteiger partial charge in [0.2, 0.25) is 10.0 Å². The minimum atomic E-state index is -3.12. The summed E-state index contributed by atoms with van der Waals surface area (Å²) in [7, 11) is -1.47. The van der Waals surface area contributed by atoms with Crippen molar-refractivity contribution in [3.8, 4) is 0 Å². The number of nitrogens with zero attached hydrogens (tertiary/aromatic N) is 1. The van der Waals surface area contributed by atoms with Gasteiger partial charge in [0, 0.05) is 19.6 Å². The van der Waals surface area contributed by atoms with E-state index in [0.29, 0.717) is 18.9 Å². The molecule has 0 fully saturated rings. The van der Waals surface area contributed by atoms with E-state index in [2.05, 4.69) is 13.8 Å². The van der Waals surface area contributed by atoms with Crippen molar-refractivity contribution in [1.82, 2.24) is 4.31 Å². The van der Waals surface area contributed by atoms with Gasteiger partial charge in [0.15, 0.2) is 0 Å². The second-order valence-corrected chi connectivity index (χ2v) is 7.43. The van der Waals surface area contributed by atoms with Gasteiger partial charge in [-0.1, -0.05) is 34.1 Å². The van der Waals surface area contributed by atoms with E-state index >= 15 is 0 Å². The molecule has 0 saturated carbocycles. The Morgan fingerprint density at radius 1 is 1.24 bits per heavy atom. The lowest BCUT2D eigenvalue weighted by atomic mass is 10.0. The topological polar surface area (TPSA) is 63.4 Å². The van der Waals surface area contributed by atoms with Crippen LogP contribution < -0.4 is 5.73 Å². The lowest BCUT2D eigenvalue weighted by Crippen LogP contribution is -2.36.